The fourth-order valence-electron chi connectivity index (χ4n) is 1.67. The molecule has 0 spiro atoms. The molecule has 0 heterocycles. The highest BCUT2D eigenvalue weighted by molar-refractivity contribution is 9.12. The van der Waals surface area contributed by atoms with Crippen LogP contribution < -0.4 is 0 Å². The first-order chi connectivity index (χ1) is 5.79. The third-order valence-corrected chi connectivity index (χ3v) is 5.19. The summed E-state index contributed by atoms with van der Waals surface area (Å²) in [6, 6.07) is 8.66. The number of benzene rings is 1. The van der Waals surface area contributed by atoms with E-state index in [2.05, 4.69) is 56.1 Å². The molecule has 64 valence electrons. The number of halogens is 2. The monoisotopic (exact) mass is 288 g/mol. The molecule has 1 aliphatic carbocycles. The molecule has 2 atom stereocenters. The SMILES string of the molecule is Br[C@@H]1c2ccccc2CC[C@@H]1Br. The first-order valence-corrected chi connectivity index (χ1v) is 5.98. The predicted octanol–water partition coefficient (Wildman–Crippen LogP) is 3.83. The first kappa shape index (κ1) is 8.76. The van der Waals surface area contributed by atoms with Crippen molar-refractivity contribution in [2.45, 2.75) is 22.5 Å². The average molecular weight is 290 g/mol. The summed E-state index contributed by atoms with van der Waals surface area (Å²) in [5.74, 6) is 0. The minimum absolute atomic E-state index is 0.488. The molecule has 0 unspecified atom stereocenters. The summed E-state index contributed by atoms with van der Waals surface area (Å²) in [5.41, 5.74) is 2.95. The van der Waals surface area contributed by atoms with Crippen LogP contribution in [-0.4, -0.2) is 4.83 Å². The van der Waals surface area contributed by atoms with Gasteiger partial charge in [0.2, 0.25) is 0 Å². The van der Waals surface area contributed by atoms with Crippen LogP contribution in [0.3, 0.4) is 0 Å². The number of rotatable bonds is 0. The van der Waals surface area contributed by atoms with Gasteiger partial charge in [0.15, 0.2) is 0 Å². The lowest BCUT2D eigenvalue weighted by Gasteiger charge is -2.25. The average Bonchev–Trinajstić information content (AvgIpc) is 2.12. The largest absolute Gasteiger partial charge is 0.0875 e. The smallest absolute Gasteiger partial charge is 0.0523 e. The number of fused-ring (bicyclic) bond motifs is 1. The van der Waals surface area contributed by atoms with Gasteiger partial charge in [0, 0.05) is 4.83 Å². The van der Waals surface area contributed by atoms with E-state index in [-0.39, 0.29) is 0 Å². The standard InChI is InChI=1S/C10H10Br2/c11-9-6-5-7-3-1-2-4-8(7)10(9)12/h1-4,9-10H,5-6H2/t9-,10+/m0/s1. The molecule has 1 aromatic carbocycles. The molecular formula is C10H10Br2. The van der Waals surface area contributed by atoms with Crippen LogP contribution in [-0.2, 0) is 6.42 Å². The van der Waals surface area contributed by atoms with E-state index in [1.54, 1.807) is 0 Å². The van der Waals surface area contributed by atoms with Crippen molar-refractivity contribution in [3.8, 4) is 0 Å². The minimum Gasteiger partial charge on any atom is -0.0875 e. The third-order valence-electron chi connectivity index (χ3n) is 2.36. The van der Waals surface area contributed by atoms with Crippen molar-refractivity contribution in [2.75, 3.05) is 0 Å². The van der Waals surface area contributed by atoms with Crippen molar-refractivity contribution in [2.24, 2.45) is 0 Å². The van der Waals surface area contributed by atoms with Crippen LogP contribution in [0, 0.1) is 0 Å². The van der Waals surface area contributed by atoms with E-state index in [1.807, 2.05) is 0 Å². The zero-order chi connectivity index (χ0) is 8.55. The van der Waals surface area contributed by atoms with E-state index in [0.29, 0.717) is 9.65 Å². The van der Waals surface area contributed by atoms with Gasteiger partial charge in [-0.1, -0.05) is 56.1 Å². The highest BCUT2D eigenvalue weighted by atomic mass is 79.9. The fraction of sp³-hybridized carbons (Fsp3) is 0.400. The molecule has 0 fully saturated rings. The number of aryl methyl sites for hydroxylation is 1. The summed E-state index contributed by atoms with van der Waals surface area (Å²) in [5, 5.41) is 0. The summed E-state index contributed by atoms with van der Waals surface area (Å²) in [7, 11) is 0. The molecule has 0 radical (unpaired) electrons. The Balaban J connectivity index is 2.42. The lowest BCUT2D eigenvalue weighted by Crippen LogP contribution is -2.15. The molecule has 12 heavy (non-hydrogen) atoms. The van der Waals surface area contributed by atoms with Crippen molar-refractivity contribution in [1.82, 2.24) is 0 Å². The van der Waals surface area contributed by atoms with E-state index >= 15 is 0 Å². The van der Waals surface area contributed by atoms with Gasteiger partial charge in [-0.3, -0.25) is 0 Å². The Bertz CT molecular complexity index is 283. The van der Waals surface area contributed by atoms with Crippen LogP contribution >= 0.6 is 31.9 Å². The highest BCUT2D eigenvalue weighted by Crippen LogP contribution is 2.39. The maximum atomic E-state index is 3.71. The second kappa shape index (κ2) is 3.51. The maximum absolute atomic E-state index is 3.71. The number of hydrogen-bond donors (Lipinski definition) is 0. The van der Waals surface area contributed by atoms with Crippen molar-refractivity contribution in [1.29, 1.82) is 0 Å². The van der Waals surface area contributed by atoms with Crippen molar-refractivity contribution < 1.29 is 0 Å². The van der Waals surface area contributed by atoms with Gasteiger partial charge in [0.25, 0.3) is 0 Å². The summed E-state index contributed by atoms with van der Waals surface area (Å²) in [6.45, 7) is 0. The molecule has 0 N–H and O–H groups in total. The zero-order valence-electron chi connectivity index (χ0n) is 6.63. The van der Waals surface area contributed by atoms with Gasteiger partial charge < -0.3 is 0 Å². The van der Waals surface area contributed by atoms with Crippen molar-refractivity contribution >= 4 is 31.9 Å². The molecule has 0 bridgehead atoms. The summed E-state index contributed by atoms with van der Waals surface area (Å²) in [4.78, 5) is 1.08. The van der Waals surface area contributed by atoms with Crippen LogP contribution in [0.25, 0.3) is 0 Å². The normalized spacial score (nSPS) is 28.2. The molecule has 0 nitrogen and oxygen atoms in total. The van der Waals surface area contributed by atoms with E-state index in [1.165, 1.54) is 24.0 Å². The molecule has 0 aliphatic heterocycles. The van der Waals surface area contributed by atoms with Gasteiger partial charge in [-0.05, 0) is 24.0 Å². The van der Waals surface area contributed by atoms with Crippen LogP contribution in [0.2, 0.25) is 0 Å². The molecular weight excluding hydrogens is 280 g/mol. The fourth-order valence-corrected chi connectivity index (χ4v) is 2.89. The second-order valence-corrected chi connectivity index (χ2v) is 5.32. The summed E-state index contributed by atoms with van der Waals surface area (Å²) < 4.78 is 0. The first-order valence-electron chi connectivity index (χ1n) is 4.15. The van der Waals surface area contributed by atoms with Crippen LogP contribution in [0.5, 0.6) is 0 Å². The maximum Gasteiger partial charge on any atom is 0.0523 e. The van der Waals surface area contributed by atoms with Gasteiger partial charge in [-0.15, -0.1) is 0 Å². The molecule has 1 aliphatic rings. The van der Waals surface area contributed by atoms with Crippen molar-refractivity contribution in [3.63, 3.8) is 0 Å². The Morgan fingerprint density at radius 3 is 2.75 bits per heavy atom. The number of alkyl halides is 2. The number of hydrogen-bond acceptors (Lipinski definition) is 0. The lowest BCUT2D eigenvalue weighted by molar-refractivity contribution is 0.707. The third kappa shape index (κ3) is 1.47. The molecule has 0 aromatic heterocycles. The van der Waals surface area contributed by atoms with Gasteiger partial charge in [0.1, 0.15) is 0 Å². The molecule has 1 aromatic rings. The molecule has 0 amide bonds. The lowest BCUT2D eigenvalue weighted by atomic mass is 9.92. The van der Waals surface area contributed by atoms with Gasteiger partial charge in [-0.25, -0.2) is 0 Å². The topological polar surface area (TPSA) is 0 Å². The minimum atomic E-state index is 0.488. The van der Waals surface area contributed by atoms with E-state index in [0.717, 1.165) is 0 Å². The van der Waals surface area contributed by atoms with Crippen LogP contribution in [0.1, 0.15) is 22.4 Å². The Morgan fingerprint density at radius 2 is 1.92 bits per heavy atom. The Hall–Kier alpha value is 0.180. The summed E-state index contributed by atoms with van der Waals surface area (Å²) in [6.07, 6.45) is 2.43. The molecule has 0 saturated carbocycles. The van der Waals surface area contributed by atoms with Gasteiger partial charge >= 0.3 is 0 Å². The predicted molar refractivity (Wildman–Crippen MR) is 59.1 cm³/mol. The Morgan fingerprint density at radius 1 is 1.17 bits per heavy atom. The van der Waals surface area contributed by atoms with Gasteiger partial charge in [0.05, 0.1) is 4.83 Å². The van der Waals surface area contributed by atoms with Crippen molar-refractivity contribution in [3.05, 3.63) is 35.4 Å². The summed E-state index contributed by atoms with van der Waals surface area (Å²) >= 11 is 7.38. The van der Waals surface area contributed by atoms with Gasteiger partial charge in [-0.2, -0.15) is 0 Å². The van der Waals surface area contributed by atoms with Crippen LogP contribution in [0.4, 0.5) is 0 Å². The quantitative estimate of drug-likeness (QED) is 0.637. The van der Waals surface area contributed by atoms with E-state index < -0.39 is 0 Å². The Kier molecular flexibility index (Phi) is 2.56. The zero-order valence-corrected chi connectivity index (χ0v) is 9.81. The Labute approximate surface area is 89.6 Å². The highest BCUT2D eigenvalue weighted by Gasteiger charge is 2.24. The molecule has 2 heteroatoms. The van der Waals surface area contributed by atoms with Crippen LogP contribution in [0.15, 0.2) is 24.3 Å². The molecule has 2 rings (SSSR count). The van der Waals surface area contributed by atoms with E-state index in [4.69, 9.17) is 0 Å². The second-order valence-electron chi connectivity index (χ2n) is 3.16. The molecule has 0 saturated heterocycles. The van der Waals surface area contributed by atoms with E-state index in [9.17, 15) is 0 Å².